The zero-order valence-electron chi connectivity index (χ0n) is 17.3. The Bertz CT molecular complexity index is 1160. The van der Waals surface area contributed by atoms with E-state index < -0.39 is 11.6 Å². The Kier molecular flexibility index (Phi) is 5.40. The van der Waals surface area contributed by atoms with Gasteiger partial charge in [0.15, 0.2) is 11.6 Å². The number of piperidine rings is 1. The SMILES string of the molecule is ON=C(c1ccc(CN2CCC3(CC2)OCc2ccncc23)nc1)c1ccc(F)c(F)c1. The van der Waals surface area contributed by atoms with Crippen LogP contribution in [0.25, 0.3) is 0 Å². The highest BCUT2D eigenvalue weighted by molar-refractivity contribution is 6.12. The first kappa shape index (κ1) is 20.7. The molecule has 8 heteroatoms. The molecule has 2 aromatic heterocycles. The first-order valence-electron chi connectivity index (χ1n) is 10.5. The maximum atomic E-state index is 13.6. The summed E-state index contributed by atoms with van der Waals surface area (Å²) in [5, 5.41) is 12.7. The molecule has 32 heavy (non-hydrogen) atoms. The molecule has 0 aliphatic carbocycles. The highest BCUT2D eigenvalue weighted by Crippen LogP contribution is 2.43. The van der Waals surface area contributed by atoms with Crippen molar-refractivity contribution in [3.63, 3.8) is 0 Å². The number of aromatic nitrogens is 2. The smallest absolute Gasteiger partial charge is 0.159 e. The summed E-state index contributed by atoms with van der Waals surface area (Å²) in [6.07, 6.45) is 7.14. The second-order valence-corrected chi connectivity index (χ2v) is 8.21. The van der Waals surface area contributed by atoms with Crippen molar-refractivity contribution >= 4 is 5.71 Å². The minimum Gasteiger partial charge on any atom is -0.410 e. The monoisotopic (exact) mass is 436 g/mol. The van der Waals surface area contributed by atoms with Crippen LogP contribution in [-0.2, 0) is 23.5 Å². The molecule has 6 nitrogen and oxygen atoms in total. The van der Waals surface area contributed by atoms with Gasteiger partial charge in [0, 0.05) is 54.9 Å². The van der Waals surface area contributed by atoms with Gasteiger partial charge in [-0.25, -0.2) is 8.78 Å². The molecule has 1 saturated heterocycles. The molecule has 164 valence electrons. The Morgan fingerprint density at radius 2 is 1.88 bits per heavy atom. The number of pyridine rings is 2. The Labute approximate surface area is 184 Å². The van der Waals surface area contributed by atoms with Crippen LogP contribution < -0.4 is 0 Å². The molecule has 2 aliphatic heterocycles. The number of hydrogen-bond acceptors (Lipinski definition) is 6. The minimum absolute atomic E-state index is 0.133. The molecule has 1 aromatic carbocycles. The largest absolute Gasteiger partial charge is 0.410 e. The van der Waals surface area contributed by atoms with Crippen LogP contribution in [0.15, 0.2) is 60.1 Å². The first-order valence-corrected chi connectivity index (χ1v) is 10.5. The number of benzene rings is 1. The summed E-state index contributed by atoms with van der Waals surface area (Å²) >= 11 is 0. The van der Waals surface area contributed by atoms with E-state index in [1.807, 2.05) is 24.5 Å². The number of halogens is 2. The maximum Gasteiger partial charge on any atom is 0.159 e. The van der Waals surface area contributed by atoms with Crippen molar-refractivity contribution in [2.45, 2.75) is 31.6 Å². The van der Waals surface area contributed by atoms with Gasteiger partial charge >= 0.3 is 0 Å². The molecule has 0 atom stereocenters. The average molecular weight is 436 g/mol. The van der Waals surface area contributed by atoms with Gasteiger partial charge in [-0.3, -0.25) is 14.9 Å². The average Bonchev–Trinajstić information content (AvgIpc) is 3.18. The van der Waals surface area contributed by atoms with Crippen molar-refractivity contribution in [3.8, 4) is 0 Å². The third-order valence-corrected chi connectivity index (χ3v) is 6.35. The fourth-order valence-electron chi connectivity index (χ4n) is 4.55. The summed E-state index contributed by atoms with van der Waals surface area (Å²) in [5.41, 5.74) is 4.02. The molecule has 5 rings (SSSR count). The van der Waals surface area contributed by atoms with Crippen LogP contribution >= 0.6 is 0 Å². The second-order valence-electron chi connectivity index (χ2n) is 8.21. The first-order chi connectivity index (χ1) is 15.6. The normalized spacial score (nSPS) is 18.1. The van der Waals surface area contributed by atoms with E-state index in [2.05, 4.69) is 20.0 Å². The molecule has 1 N–H and O–H groups in total. The lowest BCUT2D eigenvalue weighted by Crippen LogP contribution is -2.42. The van der Waals surface area contributed by atoms with E-state index in [4.69, 9.17) is 4.74 Å². The lowest BCUT2D eigenvalue weighted by atomic mass is 9.85. The molecule has 0 unspecified atom stereocenters. The van der Waals surface area contributed by atoms with Crippen LogP contribution in [0.3, 0.4) is 0 Å². The van der Waals surface area contributed by atoms with Crippen molar-refractivity contribution in [1.29, 1.82) is 0 Å². The summed E-state index contributed by atoms with van der Waals surface area (Å²) in [6, 6.07) is 9.03. The van der Waals surface area contributed by atoms with Crippen LogP contribution in [-0.4, -0.2) is 38.9 Å². The Hall–Kier alpha value is -3.23. The molecule has 3 aromatic rings. The Balaban J connectivity index is 1.24. The Morgan fingerprint density at radius 3 is 2.59 bits per heavy atom. The molecule has 0 radical (unpaired) electrons. The number of nitrogens with zero attached hydrogens (tertiary/aromatic N) is 4. The van der Waals surface area contributed by atoms with Gasteiger partial charge in [0.2, 0.25) is 0 Å². The van der Waals surface area contributed by atoms with Crippen LogP contribution in [0.4, 0.5) is 8.78 Å². The van der Waals surface area contributed by atoms with Crippen LogP contribution in [0.2, 0.25) is 0 Å². The van der Waals surface area contributed by atoms with Gasteiger partial charge < -0.3 is 9.94 Å². The van der Waals surface area contributed by atoms with Crippen molar-refractivity contribution in [2.75, 3.05) is 13.1 Å². The molecule has 1 spiro atoms. The fraction of sp³-hybridized carbons (Fsp3) is 0.292. The standard InChI is InChI=1S/C24H22F2N4O2/c25-21-4-2-16(11-22(21)26)23(29-31)17-1-3-19(28-12-17)14-30-9-6-24(7-10-30)20-13-27-8-5-18(20)15-32-24/h1-5,8,11-13,31H,6-7,9-10,14-15H2. The minimum atomic E-state index is -0.999. The number of oxime groups is 1. The summed E-state index contributed by atoms with van der Waals surface area (Å²) in [4.78, 5) is 11.1. The molecule has 0 saturated carbocycles. The van der Waals surface area contributed by atoms with Gasteiger partial charge in [0.25, 0.3) is 0 Å². The lowest BCUT2D eigenvalue weighted by Gasteiger charge is -2.39. The molecule has 1 fully saturated rings. The van der Waals surface area contributed by atoms with Crippen molar-refractivity contribution in [2.24, 2.45) is 5.16 Å². The van der Waals surface area contributed by atoms with Crippen LogP contribution in [0.1, 0.15) is 40.8 Å². The van der Waals surface area contributed by atoms with Gasteiger partial charge in [-0.15, -0.1) is 0 Å². The lowest BCUT2D eigenvalue weighted by molar-refractivity contribution is -0.0801. The number of likely N-dealkylation sites (tertiary alicyclic amines) is 1. The van der Waals surface area contributed by atoms with E-state index in [1.54, 1.807) is 12.3 Å². The third kappa shape index (κ3) is 3.76. The van der Waals surface area contributed by atoms with Gasteiger partial charge in [-0.1, -0.05) is 5.16 Å². The number of fused-ring (bicyclic) bond motifs is 2. The summed E-state index contributed by atoms with van der Waals surface area (Å²) in [5.74, 6) is -1.95. The quantitative estimate of drug-likeness (QED) is 0.380. The van der Waals surface area contributed by atoms with E-state index in [0.717, 1.165) is 43.8 Å². The van der Waals surface area contributed by atoms with Crippen LogP contribution in [0.5, 0.6) is 0 Å². The van der Waals surface area contributed by atoms with Crippen molar-refractivity contribution in [3.05, 3.63) is 94.6 Å². The fourth-order valence-corrected chi connectivity index (χ4v) is 4.55. The molecular formula is C24H22F2N4O2. The van der Waals surface area contributed by atoms with E-state index >= 15 is 0 Å². The van der Waals surface area contributed by atoms with Crippen molar-refractivity contribution in [1.82, 2.24) is 14.9 Å². The van der Waals surface area contributed by atoms with E-state index in [-0.39, 0.29) is 16.9 Å². The number of hydrogen-bond donors (Lipinski definition) is 1. The second kappa shape index (κ2) is 8.37. The van der Waals surface area contributed by atoms with E-state index in [9.17, 15) is 14.0 Å². The van der Waals surface area contributed by atoms with Gasteiger partial charge in [-0.2, -0.15) is 0 Å². The zero-order chi connectivity index (χ0) is 22.1. The Morgan fingerprint density at radius 1 is 1.06 bits per heavy atom. The van der Waals surface area contributed by atoms with Gasteiger partial charge in [0.05, 0.1) is 17.9 Å². The highest BCUT2D eigenvalue weighted by atomic mass is 19.2. The number of ether oxygens (including phenoxy) is 1. The summed E-state index contributed by atoms with van der Waals surface area (Å²) in [6.45, 7) is 3.10. The summed E-state index contributed by atoms with van der Waals surface area (Å²) in [7, 11) is 0. The third-order valence-electron chi connectivity index (χ3n) is 6.35. The van der Waals surface area contributed by atoms with E-state index in [1.165, 1.54) is 17.2 Å². The predicted octanol–water partition coefficient (Wildman–Crippen LogP) is 4.00. The van der Waals surface area contributed by atoms with Crippen LogP contribution in [0, 0.1) is 11.6 Å². The van der Waals surface area contributed by atoms with Gasteiger partial charge in [0.1, 0.15) is 5.71 Å². The molecular weight excluding hydrogens is 414 g/mol. The molecule has 0 amide bonds. The number of rotatable bonds is 4. The molecule has 0 bridgehead atoms. The highest BCUT2D eigenvalue weighted by Gasteiger charge is 2.42. The predicted molar refractivity (Wildman–Crippen MR) is 113 cm³/mol. The molecule has 2 aliphatic rings. The van der Waals surface area contributed by atoms with Gasteiger partial charge in [-0.05, 0) is 54.8 Å². The van der Waals surface area contributed by atoms with Crippen molar-refractivity contribution < 1.29 is 18.7 Å². The summed E-state index contributed by atoms with van der Waals surface area (Å²) < 4.78 is 33.0. The topological polar surface area (TPSA) is 70.8 Å². The zero-order valence-corrected chi connectivity index (χ0v) is 17.3. The van der Waals surface area contributed by atoms with E-state index in [0.29, 0.717) is 18.7 Å². The molecule has 4 heterocycles. The maximum absolute atomic E-state index is 13.6.